The summed E-state index contributed by atoms with van der Waals surface area (Å²) in [5.41, 5.74) is 2.05. The van der Waals surface area contributed by atoms with Crippen LogP contribution in [0.3, 0.4) is 0 Å². The summed E-state index contributed by atoms with van der Waals surface area (Å²) in [5, 5.41) is 3.95. The van der Waals surface area contributed by atoms with Crippen molar-refractivity contribution in [3.05, 3.63) is 30.1 Å². The van der Waals surface area contributed by atoms with Crippen LogP contribution in [0.15, 0.2) is 29.6 Å². The number of nitrogens with one attached hydrogen (secondary N) is 1. The summed E-state index contributed by atoms with van der Waals surface area (Å²) in [6, 6.07) is 2.41. The highest BCUT2D eigenvalue weighted by Crippen LogP contribution is 2.35. The molecule has 4 aromatic heterocycles. The summed E-state index contributed by atoms with van der Waals surface area (Å²) in [6.45, 7) is 5.06. The Balaban J connectivity index is 2.02. The Morgan fingerprint density at radius 1 is 1.21 bits per heavy atom. The molecule has 0 bridgehead atoms. The molecule has 176 valence electrons. The van der Waals surface area contributed by atoms with Gasteiger partial charge in [-0.3, -0.25) is 4.84 Å². The Kier molecular flexibility index (Phi) is 5.52. The van der Waals surface area contributed by atoms with Crippen LogP contribution in [0.1, 0.15) is 26.3 Å². The SMILES string of the molecule is CCS(=O)(=O)c1nn2c(NOC(C)C)ccnc2c1-c1nc2cc(C(F)(F)F)cnc2n1C. The second-order valence-corrected chi connectivity index (χ2v) is 9.67. The Labute approximate surface area is 186 Å². The fraction of sp³-hybridized carbons (Fsp3) is 0.368. The van der Waals surface area contributed by atoms with Gasteiger partial charge in [0.25, 0.3) is 0 Å². The van der Waals surface area contributed by atoms with E-state index in [1.165, 1.54) is 29.3 Å². The molecule has 33 heavy (non-hydrogen) atoms. The topological polar surface area (TPSA) is 116 Å². The average Bonchev–Trinajstić information content (AvgIpc) is 3.30. The predicted octanol–water partition coefficient (Wildman–Crippen LogP) is 3.24. The molecule has 4 heterocycles. The first-order valence-electron chi connectivity index (χ1n) is 9.86. The van der Waals surface area contributed by atoms with E-state index < -0.39 is 21.6 Å². The van der Waals surface area contributed by atoms with Crippen LogP contribution in [0.4, 0.5) is 19.0 Å². The zero-order chi connectivity index (χ0) is 24.1. The minimum atomic E-state index is -4.60. The first kappa shape index (κ1) is 22.9. The second-order valence-electron chi connectivity index (χ2n) is 7.48. The second kappa shape index (κ2) is 7.95. The van der Waals surface area contributed by atoms with Gasteiger partial charge in [-0.25, -0.2) is 28.8 Å². The molecule has 0 aliphatic heterocycles. The zero-order valence-corrected chi connectivity index (χ0v) is 18.9. The quantitative estimate of drug-likeness (QED) is 0.416. The maximum absolute atomic E-state index is 13.1. The van der Waals surface area contributed by atoms with Crippen LogP contribution < -0.4 is 5.48 Å². The number of nitrogens with zero attached hydrogens (tertiary/aromatic N) is 6. The van der Waals surface area contributed by atoms with E-state index in [0.29, 0.717) is 12.0 Å². The van der Waals surface area contributed by atoms with E-state index in [9.17, 15) is 21.6 Å². The largest absolute Gasteiger partial charge is 0.417 e. The molecular weight excluding hydrogens is 463 g/mol. The molecule has 0 spiro atoms. The number of alkyl halides is 3. The van der Waals surface area contributed by atoms with Crippen molar-refractivity contribution >= 4 is 32.5 Å². The summed E-state index contributed by atoms with van der Waals surface area (Å²) < 4.78 is 67.9. The number of halogens is 3. The fourth-order valence-electron chi connectivity index (χ4n) is 3.19. The smallest absolute Gasteiger partial charge is 0.312 e. The van der Waals surface area contributed by atoms with Crippen molar-refractivity contribution in [1.82, 2.24) is 29.1 Å². The van der Waals surface area contributed by atoms with Gasteiger partial charge in [-0.1, -0.05) is 6.92 Å². The monoisotopic (exact) mass is 483 g/mol. The lowest BCUT2D eigenvalue weighted by Crippen LogP contribution is -2.12. The molecule has 14 heteroatoms. The van der Waals surface area contributed by atoms with Gasteiger partial charge in [-0.2, -0.15) is 22.8 Å². The molecule has 0 saturated carbocycles. The molecular formula is C19H20F3N7O3S. The van der Waals surface area contributed by atoms with Gasteiger partial charge in [0.2, 0.25) is 0 Å². The number of aryl methyl sites for hydroxylation is 1. The van der Waals surface area contributed by atoms with Gasteiger partial charge in [-0.15, -0.1) is 0 Å². The lowest BCUT2D eigenvalue weighted by Gasteiger charge is -2.10. The molecule has 0 fully saturated rings. The number of imidazole rings is 1. The van der Waals surface area contributed by atoms with Crippen molar-refractivity contribution in [3.8, 4) is 11.4 Å². The van der Waals surface area contributed by atoms with Crippen molar-refractivity contribution in [2.75, 3.05) is 11.2 Å². The molecule has 0 amide bonds. The van der Waals surface area contributed by atoms with Gasteiger partial charge in [0, 0.05) is 25.5 Å². The molecule has 4 rings (SSSR count). The standard InChI is InChI=1S/C19H20F3N7O3S/c1-5-33(30,31)18-14(16-23-7-6-13(29(16)26-18)27-32-10(2)3)17-25-12-8-11(19(20,21)22)9-24-15(12)28(17)4/h6-10,27H,5H2,1-4H3. The maximum atomic E-state index is 13.1. The fourth-order valence-corrected chi connectivity index (χ4v) is 4.16. The number of hydrogen-bond donors (Lipinski definition) is 1. The van der Waals surface area contributed by atoms with Crippen molar-refractivity contribution < 1.29 is 26.4 Å². The van der Waals surface area contributed by atoms with Crippen LogP contribution in [0.2, 0.25) is 0 Å². The van der Waals surface area contributed by atoms with Crippen LogP contribution >= 0.6 is 0 Å². The molecule has 10 nitrogen and oxygen atoms in total. The number of anilines is 1. The average molecular weight is 483 g/mol. The van der Waals surface area contributed by atoms with Gasteiger partial charge < -0.3 is 4.57 Å². The van der Waals surface area contributed by atoms with Crippen LogP contribution in [0, 0.1) is 0 Å². The third-order valence-corrected chi connectivity index (χ3v) is 6.46. The number of sulfone groups is 1. The zero-order valence-electron chi connectivity index (χ0n) is 18.0. The van der Waals surface area contributed by atoms with Crippen LogP contribution in [-0.2, 0) is 27.9 Å². The highest BCUT2D eigenvalue weighted by molar-refractivity contribution is 7.91. The van der Waals surface area contributed by atoms with Gasteiger partial charge in [0.05, 0.1) is 17.4 Å². The molecule has 0 aliphatic carbocycles. The number of pyridine rings is 1. The predicted molar refractivity (Wildman–Crippen MR) is 113 cm³/mol. The molecule has 0 atom stereocenters. The van der Waals surface area contributed by atoms with E-state index in [0.717, 1.165) is 6.07 Å². The molecule has 0 saturated heterocycles. The van der Waals surface area contributed by atoms with Crippen molar-refractivity contribution in [1.29, 1.82) is 0 Å². The van der Waals surface area contributed by atoms with Gasteiger partial charge in [0.15, 0.2) is 32.0 Å². The van der Waals surface area contributed by atoms with Crippen LogP contribution in [0.25, 0.3) is 28.2 Å². The lowest BCUT2D eigenvalue weighted by atomic mass is 10.2. The van der Waals surface area contributed by atoms with Gasteiger partial charge in [0.1, 0.15) is 16.9 Å². The summed E-state index contributed by atoms with van der Waals surface area (Å²) in [6.07, 6.45) is -2.65. The molecule has 1 N–H and O–H groups in total. The van der Waals surface area contributed by atoms with Crippen molar-refractivity contribution in [3.63, 3.8) is 0 Å². The highest BCUT2D eigenvalue weighted by atomic mass is 32.2. The highest BCUT2D eigenvalue weighted by Gasteiger charge is 2.33. The number of aromatic nitrogens is 6. The van der Waals surface area contributed by atoms with E-state index in [1.54, 1.807) is 19.9 Å². The Morgan fingerprint density at radius 3 is 2.58 bits per heavy atom. The molecule has 4 aromatic rings. The maximum Gasteiger partial charge on any atom is 0.417 e. The van der Waals surface area contributed by atoms with Gasteiger partial charge >= 0.3 is 6.18 Å². The normalized spacial score (nSPS) is 12.8. The van der Waals surface area contributed by atoms with Crippen molar-refractivity contribution in [2.45, 2.75) is 38.1 Å². The molecule has 0 aromatic carbocycles. The minimum Gasteiger partial charge on any atom is -0.312 e. The van der Waals surface area contributed by atoms with Crippen molar-refractivity contribution in [2.24, 2.45) is 7.05 Å². The number of hydrogen-bond acceptors (Lipinski definition) is 8. The summed E-state index contributed by atoms with van der Waals surface area (Å²) in [5.74, 6) is 0.118. The molecule has 0 unspecified atom stereocenters. The summed E-state index contributed by atoms with van der Waals surface area (Å²) >= 11 is 0. The Morgan fingerprint density at radius 2 is 1.94 bits per heavy atom. The number of fused-ring (bicyclic) bond motifs is 2. The van der Waals surface area contributed by atoms with E-state index in [2.05, 4.69) is 25.5 Å². The molecule has 0 radical (unpaired) electrons. The van der Waals surface area contributed by atoms with Gasteiger partial charge in [-0.05, 0) is 19.9 Å². The summed E-state index contributed by atoms with van der Waals surface area (Å²) in [7, 11) is -2.34. The Bertz CT molecular complexity index is 1460. The minimum absolute atomic E-state index is 0.0426. The third-order valence-electron chi connectivity index (χ3n) is 4.82. The molecule has 0 aliphatic rings. The van der Waals surface area contributed by atoms with E-state index >= 15 is 0 Å². The van der Waals surface area contributed by atoms with E-state index in [4.69, 9.17) is 4.84 Å². The summed E-state index contributed by atoms with van der Waals surface area (Å²) in [4.78, 5) is 17.8. The van der Waals surface area contributed by atoms with E-state index in [-0.39, 0.29) is 45.1 Å². The first-order chi connectivity index (χ1) is 15.4. The number of rotatable bonds is 6. The Hall–Kier alpha value is -3.26. The van der Waals surface area contributed by atoms with Crippen LogP contribution in [0.5, 0.6) is 0 Å². The van der Waals surface area contributed by atoms with E-state index in [1.807, 2.05) is 0 Å². The lowest BCUT2D eigenvalue weighted by molar-refractivity contribution is -0.137. The third kappa shape index (κ3) is 3.99. The van der Waals surface area contributed by atoms with Crippen LogP contribution in [-0.4, -0.2) is 49.4 Å². The first-order valence-corrected chi connectivity index (χ1v) is 11.5.